The Morgan fingerprint density at radius 3 is 1.96 bits per heavy atom. The fourth-order valence-corrected chi connectivity index (χ4v) is 3.17. The Morgan fingerprint density at radius 2 is 1.39 bits per heavy atom. The first-order chi connectivity index (χ1) is 13.7. The number of amides is 1. The summed E-state index contributed by atoms with van der Waals surface area (Å²) >= 11 is 5.86. The normalized spacial score (nSPS) is 10.6. The number of ether oxygens (including phenoxy) is 1. The molecule has 0 heterocycles. The minimum atomic E-state index is -0.298. The van der Waals surface area contributed by atoms with Crippen LogP contribution in [0.3, 0.4) is 0 Å². The monoisotopic (exact) mass is 393 g/mol. The lowest BCUT2D eigenvalue weighted by Gasteiger charge is -2.18. The lowest BCUT2D eigenvalue weighted by Crippen LogP contribution is -2.31. The highest BCUT2D eigenvalue weighted by atomic mass is 35.5. The highest BCUT2D eigenvalue weighted by Gasteiger charge is 2.21. The summed E-state index contributed by atoms with van der Waals surface area (Å²) in [6.45, 7) is 1.23. The maximum absolute atomic E-state index is 12.9. The fraction of sp³-hybridized carbons (Fsp3) is 0.208. The van der Waals surface area contributed by atoms with E-state index in [1.807, 2.05) is 84.9 Å². The Kier molecular flexibility index (Phi) is 7.51. The molecule has 0 spiro atoms. The molecule has 0 radical (unpaired) electrons. The molecule has 28 heavy (non-hydrogen) atoms. The van der Waals surface area contributed by atoms with Crippen LogP contribution in [0.2, 0.25) is 5.02 Å². The molecule has 0 saturated heterocycles. The van der Waals surface area contributed by atoms with E-state index in [-0.39, 0.29) is 11.8 Å². The summed E-state index contributed by atoms with van der Waals surface area (Å²) in [6.07, 6.45) is 1.72. The highest BCUT2D eigenvalue weighted by Crippen LogP contribution is 2.24. The van der Waals surface area contributed by atoms with Gasteiger partial charge in [-0.2, -0.15) is 0 Å². The highest BCUT2D eigenvalue weighted by molar-refractivity contribution is 6.30. The quantitative estimate of drug-likeness (QED) is 0.491. The van der Waals surface area contributed by atoms with E-state index in [2.05, 4.69) is 5.32 Å². The SMILES string of the molecule is O=C(NCCCCOc1ccc(Cl)cc1)C(c1ccccc1)c1ccccc1. The van der Waals surface area contributed by atoms with Crippen molar-refractivity contribution >= 4 is 17.5 Å². The predicted octanol–water partition coefficient (Wildman–Crippen LogP) is 5.45. The predicted molar refractivity (Wildman–Crippen MR) is 114 cm³/mol. The van der Waals surface area contributed by atoms with Crippen molar-refractivity contribution in [3.05, 3.63) is 101 Å². The van der Waals surface area contributed by atoms with Crippen LogP contribution >= 0.6 is 11.6 Å². The summed E-state index contributed by atoms with van der Waals surface area (Å²) in [5.41, 5.74) is 1.99. The van der Waals surface area contributed by atoms with Crippen LogP contribution in [0.1, 0.15) is 29.9 Å². The molecule has 0 aliphatic heterocycles. The molecule has 4 heteroatoms. The van der Waals surface area contributed by atoms with Crippen LogP contribution in [0.5, 0.6) is 5.75 Å². The number of unbranched alkanes of at least 4 members (excludes halogenated alkanes) is 1. The summed E-state index contributed by atoms with van der Waals surface area (Å²) in [7, 11) is 0. The van der Waals surface area contributed by atoms with Crippen LogP contribution in [-0.4, -0.2) is 19.1 Å². The minimum absolute atomic E-state index is 0.0241. The van der Waals surface area contributed by atoms with Crippen molar-refractivity contribution in [1.82, 2.24) is 5.32 Å². The lowest BCUT2D eigenvalue weighted by molar-refractivity contribution is -0.121. The second-order valence-corrected chi connectivity index (χ2v) is 6.99. The molecular formula is C24H24ClNO2. The number of hydrogen-bond acceptors (Lipinski definition) is 2. The molecule has 0 unspecified atom stereocenters. The molecule has 0 fully saturated rings. The second-order valence-electron chi connectivity index (χ2n) is 6.55. The van der Waals surface area contributed by atoms with E-state index in [4.69, 9.17) is 16.3 Å². The molecule has 1 amide bonds. The van der Waals surface area contributed by atoms with Gasteiger partial charge < -0.3 is 10.1 Å². The first-order valence-corrected chi connectivity index (χ1v) is 9.88. The third-order valence-electron chi connectivity index (χ3n) is 4.48. The molecule has 0 saturated carbocycles. The number of halogens is 1. The van der Waals surface area contributed by atoms with Gasteiger partial charge in [0.1, 0.15) is 5.75 Å². The van der Waals surface area contributed by atoms with Gasteiger partial charge in [0.2, 0.25) is 5.91 Å². The summed E-state index contributed by atoms with van der Waals surface area (Å²) in [5.74, 6) is 0.533. The Balaban J connectivity index is 1.48. The Hall–Kier alpha value is -2.78. The molecular weight excluding hydrogens is 370 g/mol. The van der Waals surface area contributed by atoms with Crippen LogP contribution in [0.4, 0.5) is 0 Å². The van der Waals surface area contributed by atoms with Crippen molar-refractivity contribution in [2.45, 2.75) is 18.8 Å². The smallest absolute Gasteiger partial charge is 0.232 e. The van der Waals surface area contributed by atoms with Gasteiger partial charge in [0.25, 0.3) is 0 Å². The number of nitrogens with one attached hydrogen (secondary N) is 1. The number of rotatable bonds is 9. The second kappa shape index (κ2) is 10.5. The third-order valence-corrected chi connectivity index (χ3v) is 4.73. The first-order valence-electron chi connectivity index (χ1n) is 9.50. The van der Waals surface area contributed by atoms with E-state index >= 15 is 0 Å². The van der Waals surface area contributed by atoms with E-state index in [1.165, 1.54) is 0 Å². The fourth-order valence-electron chi connectivity index (χ4n) is 3.05. The van der Waals surface area contributed by atoms with Crippen LogP contribution in [0.15, 0.2) is 84.9 Å². The van der Waals surface area contributed by atoms with Gasteiger partial charge in [-0.05, 0) is 48.2 Å². The van der Waals surface area contributed by atoms with Gasteiger partial charge in [0, 0.05) is 11.6 Å². The maximum Gasteiger partial charge on any atom is 0.232 e. The van der Waals surface area contributed by atoms with Crippen molar-refractivity contribution in [2.24, 2.45) is 0 Å². The summed E-state index contributed by atoms with van der Waals surface area (Å²) in [6, 6.07) is 27.1. The summed E-state index contributed by atoms with van der Waals surface area (Å²) < 4.78 is 5.68. The van der Waals surface area contributed by atoms with E-state index in [0.717, 1.165) is 29.7 Å². The molecule has 0 aliphatic carbocycles. The van der Waals surface area contributed by atoms with Gasteiger partial charge in [-0.15, -0.1) is 0 Å². The largest absolute Gasteiger partial charge is 0.494 e. The maximum atomic E-state index is 12.9. The molecule has 3 aromatic rings. The molecule has 0 atom stereocenters. The van der Waals surface area contributed by atoms with E-state index in [1.54, 1.807) is 0 Å². The summed E-state index contributed by atoms with van der Waals surface area (Å²) in [5, 5.41) is 3.77. The number of carbonyl (C=O) groups is 1. The molecule has 3 nitrogen and oxygen atoms in total. The van der Waals surface area contributed by atoms with Gasteiger partial charge in [-0.3, -0.25) is 4.79 Å². The van der Waals surface area contributed by atoms with Crippen molar-refractivity contribution in [3.63, 3.8) is 0 Å². The van der Waals surface area contributed by atoms with Crippen LogP contribution < -0.4 is 10.1 Å². The zero-order chi connectivity index (χ0) is 19.6. The Labute approximate surface area is 171 Å². The van der Waals surface area contributed by atoms with Gasteiger partial charge in [0.15, 0.2) is 0 Å². The minimum Gasteiger partial charge on any atom is -0.494 e. The van der Waals surface area contributed by atoms with E-state index < -0.39 is 0 Å². The van der Waals surface area contributed by atoms with Gasteiger partial charge in [0.05, 0.1) is 12.5 Å². The van der Waals surface area contributed by atoms with Crippen LogP contribution in [-0.2, 0) is 4.79 Å². The van der Waals surface area contributed by atoms with Crippen LogP contribution in [0.25, 0.3) is 0 Å². The molecule has 144 valence electrons. The average Bonchev–Trinajstić information content (AvgIpc) is 2.74. The van der Waals surface area contributed by atoms with Crippen molar-refractivity contribution in [3.8, 4) is 5.75 Å². The van der Waals surface area contributed by atoms with Gasteiger partial charge >= 0.3 is 0 Å². The van der Waals surface area contributed by atoms with Gasteiger partial charge in [-0.25, -0.2) is 0 Å². The van der Waals surface area contributed by atoms with Crippen molar-refractivity contribution in [1.29, 1.82) is 0 Å². The van der Waals surface area contributed by atoms with Crippen LogP contribution in [0, 0.1) is 0 Å². The molecule has 3 aromatic carbocycles. The first kappa shape index (κ1) is 20.0. The Bertz CT molecular complexity index is 811. The van der Waals surface area contributed by atoms with Crippen molar-refractivity contribution < 1.29 is 9.53 Å². The molecule has 0 bridgehead atoms. The Morgan fingerprint density at radius 1 is 0.821 bits per heavy atom. The standard InChI is InChI=1S/C24H24ClNO2/c25-21-13-15-22(16-14-21)28-18-8-7-17-26-24(27)23(19-9-3-1-4-10-19)20-11-5-2-6-12-20/h1-6,9-16,23H,7-8,17-18H2,(H,26,27). The van der Waals surface area contributed by atoms with Gasteiger partial charge in [-0.1, -0.05) is 72.3 Å². The average molecular weight is 394 g/mol. The topological polar surface area (TPSA) is 38.3 Å². The number of carbonyl (C=O) groups excluding carboxylic acids is 1. The number of hydrogen-bond donors (Lipinski definition) is 1. The lowest BCUT2D eigenvalue weighted by atomic mass is 9.90. The molecule has 1 N–H and O–H groups in total. The van der Waals surface area contributed by atoms with E-state index in [9.17, 15) is 4.79 Å². The number of benzene rings is 3. The third kappa shape index (κ3) is 5.86. The zero-order valence-corrected chi connectivity index (χ0v) is 16.4. The zero-order valence-electron chi connectivity index (χ0n) is 15.7. The molecule has 0 aromatic heterocycles. The molecule has 3 rings (SSSR count). The summed E-state index contributed by atoms with van der Waals surface area (Å²) in [4.78, 5) is 12.9. The molecule has 0 aliphatic rings. The van der Waals surface area contributed by atoms with E-state index in [0.29, 0.717) is 18.2 Å². The van der Waals surface area contributed by atoms with Crippen molar-refractivity contribution in [2.75, 3.05) is 13.2 Å².